The fraction of sp³-hybridized carbons (Fsp3) is 0.833. The molecule has 0 spiro atoms. The molecule has 0 aromatic rings. The number of carboxylic acids is 1. The molecule has 94 valence electrons. The second-order valence-corrected chi connectivity index (χ2v) is 4.30. The predicted octanol–water partition coefficient (Wildman–Crippen LogP) is 1.99. The van der Waals surface area contributed by atoms with E-state index in [2.05, 4.69) is 0 Å². The van der Waals surface area contributed by atoms with Crippen LogP contribution >= 0.6 is 0 Å². The van der Waals surface area contributed by atoms with Gasteiger partial charge in [0.25, 0.3) is 0 Å². The normalized spacial score (nSPS) is 16.3. The molecule has 0 aliphatic rings. The molecule has 1 amide bonds. The van der Waals surface area contributed by atoms with Crippen molar-refractivity contribution in [2.45, 2.75) is 47.1 Å². The van der Waals surface area contributed by atoms with E-state index in [9.17, 15) is 9.59 Å². The SMILES string of the molecule is CCC(C)N(CC)C(=O)C(C)C(C)C(=O)O. The minimum atomic E-state index is -0.916. The average molecular weight is 229 g/mol. The first-order valence-corrected chi connectivity index (χ1v) is 5.90. The maximum Gasteiger partial charge on any atom is 0.307 e. The first-order chi connectivity index (χ1) is 7.36. The van der Waals surface area contributed by atoms with Gasteiger partial charge in [0.15, 0.2) is 0 Å². The fourth-order valence-electron chi connectivity index (χ4n) is 1.59. The molecule has 4 nitrogen and oxygen atoms in total. The summed E-state index contributed by atoms with van der Waals surface area (Å²) in [5.74, 6) is -2.08. The molecule has 3 unspecified atom stereocenters. The van der Waals surface area contributed by atoms with Crippen LogP contribution in [0.4, 0.5) is 0 Å². The first kappa shape index (κ1) is 14.9. The van der Waals surface area contributed by atoms with Gasteiger partial charge >= 0.3 is 5.97 Å². The molecule has 0 bridgehead atoms. The highest BCUT2D eigenvalue weighted by Gasteiger charge is 2.30. The third kappa shape index (κ3) is 3.51. The maximum absolute atomic E-state index is 12.1. The summed E-state index contributed by atoms with van der Waals surface area (Å²) >= 11 is 0. The highest BCUT2D eigenvalue weighted by atomic mass is 16.4. The van der Waals surface area contributed by atoms with Crippen molar-refractivity contribution in [1.29, 1.82) is 0 Å². The fourth-order valence-corrected chi connectivity index (χ4v) is 1.59. The summed E-state index contributed by atoms with van der Waals surface area (Å²) in [4.78, 5) is 24.7. The van der Waals surface area contributed by atoms with E-state index < -0.39 is 17.8 Å². The van der Waals surface area contributed by atoms with Crippen LogP contribution < -0.4 is 0 Å². The lowest BCUT2D eigenvalue weighted by molar-refractivity contribution is -0.149. The van der Waals surface area contributed by atoms with Gasteiger partial charge in [-0.3, -0.25) is 9.59 Å². The molecular formula is C12H23NO3. The molecule has 0 fully saturated rings. The summed E-state index contributed by atoms with van der Waals surface area (Å²) < 4.78 is 0. The summed E-state index contributed by atoms with van der Waals surface area (Å²) in [7, 11) is 0. The molecule has 0 rings (SSSR count). The Bertz CT molecular complexity index is 253. The zero-order chi connectivity index (χ0) is 12.9. The Hall–Kier alpha value is -1.06. The third-order valence-corrected chi connectivity index (χ3v) is 3.28. The van der Waals surface area contributed by atoms with Gasteiger partial charge in [0, 0.05) is 18.5 Å². The average Bonchev–Trinajstić information content (AvgIpc) is 2.27. The molecule has 3 atom stereocenters. The largest absolute Gasteiger partial charge is 0.481 e. The third-order valence-electron chi connectivity index (χ3n) is 3.28. The van der Waals surface area contributed by atoms with Crippen LogP contribution in [-0.4, -0.2) is 34.5 Å². The molecule has 1 N–H and O–H groups in total. The number of hydrogen-bond acceptors (Lipinski definition) is 2. The van der Waals surface area contributed by atoms with Gasteiger partial charge in [-0.1, -0.05) is 20.8 Å². The zero-order valence-electron chi connectivity index (χ0n) is 10.9. The van der Waals surface area contributed by atoms with Crippen molar-refractivity contribution >= 4 is 11.9 Å². The molecule has 0 aliphatic heterocycles. The quantitative estimate of drug-likeness (QED) is 0.757. The second kappa shape index (κ2) is 6.51. The van der Waals surface area contributed by atoms with Crippen molar-refractivity contribution in [3.63, 3.8) is 0 Å². The summed E-state index contributed by atoms with van der Waals surface area (Å²) in [6, 6.07) is 0.168. The monoisotopic (exact) mass is 229 g/mol. The van der Waals surface area contributed by atoms with Gasteiger partial charge in [-0.25, -0.2) is 0 Å². The molecule has 0 aromatic carbocycles. The highest BCUT2D eigenvalue weighted by molar-refractivity contribution is 5.84. The van der Waals surface area contributed by atoms with Crippen molar-refractivity contribution in [3.05, 3.63) is 0 Å². The molecule has 16 heavy (non-hydrogen) atoms. The molecule has 4 heteroatoms. The summed E-state index contributed by atoms with van der Waals surface area (Å²) in [6.07, 6.45) is 0.883. The van der Waals surface area contributed by atoms with Crippen LogP contribution in [0.1, 0.15) is 41.0 Å². The van der Waals surface area contributed by atoms with Gasteiger partial charge in [0.05, 0.1) is 5.92 Å². The Morgan fingerprint density at radius 1 is 1.12 bits per heavy atom. The van der Waals surface area contributed by atoms with Crippen molar-refractivity contribution in [2.75, 3.05) is 6.54 Å². The molecule has 0 saturated heterocycles. The summed E-state index contributed by atoms with van der Waals surface area (Å²) in [5, 5.41) is 8.88. The van der Waals surface area contributed by atoms with Gasteiger partial charge in [0.1, 0.15) is 0 Å². The van der Waals surface area contributed by atoms with Crippen LogP contribution in [0.15, 0.2) is 0 Å². The standard InChI is InChI=1S/C12H23NO3/c1-6-8(3)13(7-2)11(14)9(4)10(5)12(15)16/h8-10H,6-7H2,1-5H3,(H,15,16). The molecule has 0 heterocycles. The van der Waals surface area contributed by atoms with Crippen LogP contribution in [0.5, 0.6) is 0 Å². The molecule has 0 saturated carbocycles. The van der Waals surface area contributed by atoms with E-state index in [0.717, 1.165) is 6.42 Å². The number of nitrogens with zero attached hydrogens (tertiary/aromatic N) is 1. The Balaban J connectivity index is 4.68. The highest BCUT2D eigenvalue weighted by Crippen LogP contribution is 2.17. The smallest absolute Gasteiger partial charge is 0.307 e. The van der Waals surface area contributed by atoms with Crippen LogP contribution in [0.25, 0.3) is 0 Å². The van der Waals surface area contributed by atoms with E-state index in [0.29, 0.717) is 6.54 Å². The van der Waals surface area contributed by atoms with E-state index in [1.165, 1.54) is 0 Å². The van der Waals surface area contributed by atoms with Gasteiger partial charge in [-0.15, -0.1) is 0 Å². The van der Waals surface area contributed by atoms with Crippen LogP contribution in [0.3, 0.4) is 0 Å². The Kier molecular flexibility index (Phi) is 6.08. The van der Waals surface area contributed by atoms with E-state index >= 15 is 0 Å². The molecular weight excluding hydrogens is 206 g/mol. The number of rotatable bonds is 6. The minimum absolute atomic E-state index is 0.0632. The topological polar surface area (TPSA) is 57.6 Å². The van der Waals surface area contributed by atoms with E-state index in [-0.39, 0.29) is 11.9 Å². The van der Waals surface area contributed by atoms with Crippen molar-refractivity contribution in [2.24, 2.45) is 11.8 Å². The number of carboxylic acid groups (broad SMARTS) is 1. The molecule has 0 aliphatic carbocycles. The van der Waals surface area contributed by atoms with Gasteiger partial charge < -0.3 is 10.0 Å². The first-order valence-electron chi connectivity index (χ1n) is 5.90. The zero-order valence-corrected chi connectivity index (χ0v) is 10.9. The van der Waals surface area contributed by atoms with E-state index in [1.54, 1.807) is 18.7 Å². The maximum atomic E-state index is 12.1. The van der Waals surface area contributed by atoms with Gasteiger partial charge in [-0.05, 0) is 20.3 Å². The van der Waals surface area contributed by atoms with Crippen LogP contribution in [-0.2, 0) is 9.59 Å². The number of amides is 1. The van der Waals surface area contributed by atoms with E-state index in [1.807, 2.05) is 20.8 Å². The lowest BCUT2D eigenvalue weighted by atomic mass is 9.94. The van der Waals surface area contributed by atoms with Crippen molar-refractivity contribution in [1.82, 2.24) is 4.90 Å². The lowest BCUT2D eigenvalue weighted by Crippen LogP contribution is -2.43. The Labute approximate surface area is 97.6 Å². The summed E-state index contributed by atoms with van der Waals surface area (Å²) in [6.45, 7) is 9.82. The number of carbonyl (C=O) groups is 2. The number of aliphatic carboxylic acids is 1. The van der Waals surface area contributed by atoms with Gasteiger partial charge in [0.2, 0.25) is 5.91 Å². The second-order valence-electron chi connectivity index (χ2n) is 4.30. The number of carbonyl (C=O) groups excluding carboxylic acids is 1. The lowest BCUT2D eigenvalue weighted by Gasteiger charge is -2.31. The van der Waals surface area contributed by atoms with Gasteiger partial charge in [-0.2, -0.15) is 0 Å². The summed E-state index contributed by atoms with van der Waals surface area (Å²) in [5.41, 5.74) is 0. The molecule has 0 radical (unpaired) electrons. The van der Waals surface area contributed by atoms with Crippen LogP contribution in [0, 0.1) is 11.8 Å². The predicted molar refractivity (Wildman–Crippen MR) is 63.1 cm³/mol. The van der Waals surface area contributed by atoms with Crippen LogP contribution in [0.2, 0.25) is 0 Å². The number of hydrogen-bond donors (Lipinski definition) is 1. The van der Waals surface area contributed by atoms with Crippen molar-refractivity contribution in [3.8, 4) is 0 Å². The minimum Gasteiger partial charge on any atom is -0.481 e. The Morgan fingerprint density at radius 2 is 1.62 bits per heavy atom. The van der Waals surface area contributed by atoms with E-state index in [4.69, 9.17) is 5.11 Å². The van der Waals surface area contributed by atoms with Crippen molar-refractivity contribution < 1.29 is 14.7 Å². The molecule has 0 aromatic heterocycles. The Morgan fingerprint density at radius 3 is 1.94 bits per heavy atom.